The van der Waals surface area contributed by atoms with Crippen LogP contribution in [0.3, 0.4) is 0 Å². The van der Waals surface area contributed by atoms with Crippen molar-refractivity contribution in [3.63, 3.8) is 0 Å². The predicted octanol–water partition coefficient (Wildman–Crippen LogP) is 4.19. The van der Waals surface area contributed by atoms with Crippen LogP contribution in [-0.2, 0) is 20.0 Å². The molecule has 4 rings (SSSR count). The van der Waals surface area contributed by atoms with Crippen molar-refractivity contribution in [1.82, 2.24) is 0 Å². The van der Waals surface area contributed by atoms with E-state index in [-0.39, 0.29) is 31.0 Å². The molecule has 206 valence electrons. The number of hydrogen-bond acceptors (Lipinski definition) is 5. The molecule has 0 unspecified atom stereocenters. The van der Waals surface area contributed by atoms with Crippen LogP contribution in [0.15, 0.2) is 94.7 Å². The molecule has 6 nitrogen and oxygen atoms in total. The lowest BCUT2D eigenvalue weighted by Gasteiger charge is -2.20. The first-order valence-electron chi connectivity index (χ1n) is 11.4. The van der Waals surface area contributed by atoms with Crippen LogP contribution >= 0.6 is 23.2 Å². The zero-order valence-electron chi connectivity index (χ0n) is 21.5. The number of benzene rings is 4. The maximum atomic E-state index is 12.0. The normalized spacial score (nSPS) is 11.4. The highest BCUT2D eigenvalue weighted by molar-refractivity contribution is 8.12. The number of sulfonamides is 2. The van der Waals surface area contributed by atoms with Crippen LogP contribution in [0.4, 0.5) is 0 Å². The molecule has 11 heteroatoms. The fourth-order valence-electron chi connectivity index (χ4n) is 3.31. The third-order valence-corrected chi connectivity index (χ3v) is 12.7. The Hall–Kier alpha value is -2.15. The zero-order valence-corrected chi connectivity index (χ0v) is 26.8. The fourth-order valence-corrected chi connectivity index (χ4v) is 8.74. The van der Waals surface area contributed by atoms with Gasteiger partial charge in [-0.05, 0) is 93.6 Å². The highest BCUT2D eigenvalue weighted by Crippen LogP contribution is 2.27. The number of halogens is 3. The van der Waals surface area contributed by atoms with Crippen molar-refractivity contribution < 1.29 is 42.8 Å². The monoisotopic (exact) mass is 717 g/mol. The van der Waals surface area contributed by atoms with Crippen molar-refractivity contribution in [2.24, 2.45) is 0 Å². The lowest BCUT2D eigenvalue weighted by molar-refractivity contribution is -0.598. The molecular weight excluding hydrogens is 692 g/mol. The molecule has 0 aliphatic rings. The van der Waals surface area contributed by atoms with Crippen molar-refractivity contribution in [3.05, 3.63) is 123 Å². The Morgan fingerprint density at radius 1 is 0.667 bits per heavy atom. The summed E-state index contributed by atoms with van der Waals surface area (Å²) < 4.78 is 59.2. The predicted molar refractivity (Wildman–Crippen MR) is 152 cm³/mol. The van der Waals surface area contributed by atoms with Crippen LogP contribution in [0.5, 0.6) is 5.75 Å². The van der Waals surface area contributed by atoms with Gasteiger partial charge in [-0.2, -0.15) is 0 Å². The first-order valence-corrected chi connectivity index (χ1v) is 17.2. The summed E-state index contributed by atoms with van der Waals surface area (Å²) in [7, 11) is -6.97. The average Bonchev–Trinajstić information content (AvgIpc) is 2.87. The molecule has 0 aliphatic carbocycles. The lowest BCUT2D eigenvalue weighted by Crippen LogP contribution is -3.62. The summed E-state index contributed by atoms with van der Waals surface area (Å²) in [6.07, 6.45) is 0. The summed E-state index contributed by atoms with van der Waals surface area (Å²) in [5.41, 5.74) is 4.02. The van der Waals surface area contributed by atoms with Gasteiger partial charge in [0.25, 0.3) is 0 Å². The minimum Gasteiger partial charge on any atom is -0.497 e. The smallest absolute Gasteiger partial charge is 0.358 e. The molecule has 0 saturated carbocycles. The van der Waals surface area contributed by atoms with Crippen molar-refractivity contribution in [2.75, 3.05) is 7.11 Å². The van der Waals surface area contributed by atoms with Gasteiger partial charge < -0.3 is 8.86 Å². The molecule has 0 heterocycles. The van der Waals surface area contributed by atoms with Gasteiger partial charge in [0.1, 0.15) is 25.8 Å². The molecule has 0 bridgehead atoms. The number of nitrogens with zero attached hydrogens (tertiary/aromatic N) is 1. The van der Waals surface area contributed by atoms with E-state index in [1.54, 1.807) is 7.11 Å². The van der Waals surface area contributed by atoms with Crippen molar-refractivity contribution in [3.8, 4) is 5.75 Å². The third-order valence-electron chi connectivity index (χ3n) is 5.28. The molecular formula is C28H26Cl2INO5S2. The molecule has 0 spiro atoms. The Bertz CT molecular complexity index is 1550. The van der Waals surface area contributed by atoms with Crippen LogP contribution in [0, 0.1) is 27.9 Å². The van der Waals surface area contributed by atoms with Gasteiger partial charge in [0.2, 0.25) is 0 Å². The Balaban J connectivity index is 0.000000218. The largest absolute Gasteiger partial charge is 0.497 e. The number of methoxy groups -OCH3 is 1. The quantitative estimate of drug-likeness (QED) is 0.268. The Morgan fingerprint density at radius 3 is 1.46 bits per heavy atom. The van der Waals surface area contributed by atoms with E-state index in [4.69, 9.17) is 27.9 Å². The molecule has 0 atom stereocenters. The van der Waals surface area contributed by atoms with Gasteiger partial charge in [0, 0.05) is 31.0 Å². The van der Waals surface area contributed by atoms with Crippen LogP contribution < -0.4 is 25.9 Å². The molecule has 0 aromatic heterocycles. The second kappa shape index (κ2) is 13.5. The molecule has 4 aromatic rings. The van der Waals surface area contributed by atoms with Gasteiger partial charge in [-0.1, -0.05) is 40.9 Å². The minimum atomic E-state index is -4.35. The summed E-state index contributed by atoms with van der Waals surface area (Å²) >= 11 is 11.2. The van der Waals surface area contributed by atoms with Crippen LogP contribution in [0.25, 0.3) is 4.13 Å². The number of ether oxygens (including phenoxy) is 1. The first kappa shape index (κ1) is 31.4. The highest BCUT2D eigenvalue weighted by atomic mass is 127. The van der Waals surface area contributed by atoms with Crippen molar-refractivity contribution in [2.45, 2.75) is 30.6 Å². The van der Waals surface area contributed by atoms with Gasteiger partial charge in [-0.15, -0.1) is 0 Å². The molecule has 0 radical (unpaired) electrons. The number of rotatable bonds is 7. The van der Waals surface area contributed by atoms with E-state index in [1.807, 2.05) is 0 Å². The third kappa shape index (κ3) is 8.92. The second-order valence-electron chi connectivity index (χ2n) is 8.40. The number of aryl methyl sites for hydroxylation is 3. The fraction of sp³-hybridized carbons (Fsp3) is 0.143. The molecule has 0 aliphatic heterocycles. The van der Waals surface area contributed by atoms with Gasteiger partial charge in [0.05, 0.1) is 7.11 Å². The Morgan fingerprint density at radius 2 is 1.08 bits per heavy atom. The van der Waals surface area contributed by atoms with Gasteiger partial charge in [0.15, 0.2) is 7.14 Å². The SMILES string of the molecule is COc1cc(C)c([I+]c2ccc(C)cc2)c(C)c1.O=S(=O)([N-]S(=O)(=O)c1ccc(Cl)cc1)c1ccc(Cl)cc1. The van der Waals surface area contributed by atoms with Crippen molar-refractivity contribution in [1.29, 1.82) is 0 Å². The summed E-state index contributed by atoms with van der Waals surface area (Å²) in [5.74, 6) is 0.960. The van der Waals surface area contributed by atoms with E-state index in [2.05, 4.69) is 61.3 Å². The second-order valence-corrected chi connectivity index (χ2v) is 15.6. The minimum absolute atomic E-state index is 0.101. The Kier molecular flexibility index (Phi) is 10.8. The van der Waals surface area contributed by atoms with E-state index in [9.17, 15) is 16.8 Å². The van der Waals surface area contributed by atoms with E-state index in [1.165, 1.54) is 72.4 Å². The topological polar surface area (TPSA) is 91.6 Å². The molecule has 4 aromatic carbocycles. The molecule has 39 heavy (non-hydrogen) atoms. The summed E-state index contributed by atoms with van der Waals surface area (Å²) in [6, 6.07) is 23.2. The van der Waals surface area contributed by atoms with Crippen LogP contribution in [0.2, 0.25) is 10.0 Å². The summed E-state index contributed by atoms with van der Waals surface area (Å²) in [4.78, 5) is -0.520. The average molecular weight is 718 g/mol. The summed E-state index contributed by atoms with van der Waals surface area (Å²) in [6.45, 7) is 6.49. The maximum absolute atomic E-state index is 12.0. The van der Waals surface area contributed by atoms with Gasteiger partial charge >= 0.3 is 21.2 Å². The van der Waals surface area contributed by atoms with Gasteiger partial charge in [-0.3, -0.25) is 0 Å². The Labute approximate surface area is 250 Å². The molecule has 0 fully saturated rings. The summed E-state index contributed by atoms with van der Waals surface area (Å²) in [5, 5.41) is 0.656. The van der Waals surface area contributed by atoms with E-state index in [0.717, 1.165) is 5.75 Å². The van der Waals surface area contributed by atoms with Crippen molar-refractivity contribution >= 4 is 43.2 Å². The highest BCUT2D eigenvalue weighted by Gasteiger charge is 2.21. The van der Waals surface area contributed by atoms with E-state index < -0.39 is 20.0 Å². The zero-order chi connectivity index (χ0) is 28.8. The molecule has 0 saturated heterocycles. The number of hydrogen-bond donors (Lipinski definition) is 0. The van der Waals surface area contributed by atoms with E-state index in [0.29, 0.717) is 10.0 Å². The van der Waals surface area contributed by atoms with Crippen LogP contribution in [0.1, 0.15) is 16.7 Å². The van der Waals surface area contributed by atoms with Gasteiger partial charge in [-0.25, -0.2) is 16.8 Å². The first-order chi connectivity index (χ1) is 18.3. The lowest BCUT2D eigenvalue weighted by atomic mass is 10.1. The van der Waals surface area contributed by atoms with Crippen LogP contribution in [-0.4, -0.2) is 23.9 Å². The van der Waals surface area contributed by atoms with E-state index >= 15 is 0 Å². The maximum Gasteiger partial charge on any atom is 0.358 e. The molecule has 0 amide bonds. The molecule has 0 N–H and O–H groups in total. The standard InChI is InChI=1S/C16H18IO.C12H8Cl2NO4S2/c1-11-5-7-14(8-6-11)17-16-12(2)9-15(18-4)10-13(16)3;13-9-1-5-11(6-2-9)20(16,17)15-21(18,19)12-7-3-10(14)4-8-12/h5-10H,1-4H3;1-8H/q+1;-1.